The normalized spacial score (nSPS) is 17.0. The van der Waals surface area contributed by atoms with Crippen molar-refractivity contribution in [3.8, 4) is 22.5 Å². The van der Waals surface area contributed by atoms with E-state index in [9.17, 15) is 0 Å². The first-order valence-electron chi connectivity index (χ1n) is 7.73. The molecule has 3 aromatic rings. The van der Waals surface area contributed by atoms with Crippen LogP contribution < -0.4 is 5.73 Å². The number of rotatable bonds is 2. The lowest BCUT2D eigenvalue weighted by molar-refractivity contribution is 0.713. The summed E-state index contributed by atoms with van der Waals surface area (Å²) in [5.74, 6) is 0.901. The van der Waals surface area contributed by atoms with Gasteiger partial charge in [-0.1, -0.05) is 18.2 Å². The van der Waals surface area contributed by atoms with Crippen molar-refractivity contribution in [3.05, 3.63) is 52.6 Å². The Morgan fingerprint density at radius 3 is 2.55 bits per heavy atom. The topological polar surface area (TPSA) is 70.5 Å². The van der Waals surface area contributed by atoms with Gasteiger partial charge in [0, 0.05) is 11.6 Å². The summed E-state index contributed by atoms with van der Waals surface area (Å²) >= 11 is 0. The van der Waals surface area contributed by atoms with E-state index in [1.54, 1.807) is 0 Å². The van der Waals surface area contributed by atoms with Crippen molar-refractivity contribution >= 4 is 0 Å². The molecule has 4 nitrogen and oxygen atoms in total. The highest BCUT2D eigenvalue weighted by Crippen LogP contribution is 2.39. The first-order valence-corrected chi connectivity index (χ1v) is 7.73. The van der Waals surface area contributed by atoms with Crippen molar-refractivity contribution < 1.29 is 0 Å². The third-order valence-corrected chi connectivity index (χ3v) is 4.73. The van der Waals surface area contributed by atoms with Crippen molar-refractivity contribution in [1.82, 2.24) is 15.4 Å². The molecule has 112 valence electrons. The van der Waals surface area contributed by atoms with Crippen LogP contribution in [0.15, 0.2) is 30.3 Å². The first-order chi connectivity index (χ1) is 10.6. The number of hydrogen-bond donors (Lipinski definition) is 3. The average Bonchev–Trinajstić information content (AvgIpc) is 2.79. The first kappa shape index (κ1) is 13.3. The third kappa shape index (κ3) is 1.91. The van der Waals surface area contributed by atoms with Gasteiger partial charge in [-0.3, -0.25) is 5.10 Å². The Morgan fingerprint density at radius 2 is 1.91 bits per heavy atom. The standard InChI is InChI=1S/C18H20N4/c1-10-8-12(18-20-22-21-18)9-11(2)17(10)15-5-3-4-14-13(15)6-7-16(14)19/h3-5,8-9,16,22H,6-7,19H2,1-2H3,(H,20,21)/t16-/m1/s1. The van der Waals surface area contributed by atoms with E-state index in [1.165, 1.54) is 33.4 Å². The zero-order valence-electron chi connectivity index (χ0n) is 12.9. The number of nitrogens with one attached hydrogen (secondary N) is 2. The van der Waals surface area contributed by atoms with Crippen LogP contribution in [-0.2, 0) is 6.42 Å². The predicted octanol–water partition coefficient (Wildman–Crippen LogP) is 3.63. The minimum atomic E-state index is 0.189. The van der Waals surface area contributed by atoms with Crippen molar-refractivity contribution in [1.29, 1.82) is 0 Å². The summed E-state index contributed by atoms with van der Waals surface area (Å²) in [7, 11) is 0. The second-order valence-electron chi connectivity index (χ2n) is 6.20. The highest BCUT2D eigenvalue weighted by atomic mass is 15.4. The summed E-state index contributed by atoms with van der Waals surface area (Å²) in [6.45, 7) is 4.35. The van der Waals surface area contributed by atoms with Crippen LogP contribution >= 0.6 is 0 Å². The molecule has 0 fully saturated rings. The molecule has 1 heterocycles. The van der Waals surface area contributed by atoms with Gasteiger partial charge in [-0.15, -0.1) is 5.10 Å². The van der Waals surface area contributed by atoms with E-state index in [-0.39, 0.29) is 6.04 Å². The maximum Gasteiger partial charge on any atom is 0.174 e. The van der Waals surface area contributed by atoms with Crippen LogP contribution in [0.3, 0.4) is 0 Å². The lowest BCUT2D eigenvalue weighted by Crippen LogP contribution is -2.05. The van der Waals surface area contributed by atoms with Crippen LogP contribution in [0, 0.1) is 13.8 Å². The van der Waals surface area contributed by atoms with Crippen LogP contribution in [0.25, 0.3) is 22.5 Å². The number of aromatic nitrogens is 3. The Hall–Kier alpha value is -2.33. The zero-order chi connectivity index (χ0) is 15.3. The van der Waals surface area contributed by atoms with Gasteiger partial charge in [-0.05, 0) is 72.2 Å². The number of hydrogen-bond acceptors (Lipinski definition) is 2. The van der Waals surface area contributed by atoms with Crippen LogP contribution in [0.4, 0.5) is 0 Å². The second-order valence-corrected chi connectivity index (χ2v) is 6.20. The van der Waals surface area contributed by atoms with Gasteiger partial charge in [-0.2, -0.15) is 0 Å². The molecule has 22 heavy (non-hydrogen) atoms. The Balaban J connectivity index is 1.89. The number of benzene rings is 2. The van der Waals surface area contributed by atoms with E-state index < -0.39 is 0 Å². The fraction of sp³-hybridized carbons (Fsp3) is 0.278. The van der Waals surface area contributed by atoms with Crippen LogP contribution in [0.1, 0.15) is 34.7 Å². The highest BCUT2D eigenvalue weighted by Gasteiger charge is 2.23. The maximum atomic E-state index is 6.23. The van der Waals surface area contributed by atoms with Gasteiger partial charge in [0.05, 0.1) is 0 Å². The molecule has 0 amide bonds. The molecule has 4 heteroatoms. The van der Waals surface area contributed by atoms with Crippen molar-refractivity contribution in [2.75, 3.05) is 0 Å². The summed E-state index contributed by atoms with van der Waals surface area (Å²) in [6, 6.07) is 11.1. The van der Waals surface area contributed by atoms with Crippen molar-refractivity contribution in [2.24, 2.45) is 5.73 Å². The van der Waals surface area contributed by atoms with Crippen molar-refractivity contribution in [2.45, 2.75) is 32.7 Å². The molecular formula is C18H20N4. The molecule has 4 rings (SSSR count). The highest BCUT2D eigenvalue weighted by molar-refractivity contribution is 5.78. The average molecular weight is 292 g/mol. The lowest BCUT2D eigenvalue weighted by Gasteiger charge is -2.17. The molecule has 0 saturated carbocycles. The molecule has 0 bridgehead atoms. The third-order valence-electron chi connectivity index (χ3n) is 4.73. The summed E-state index contributed by atoms with van der Waals surface area (Å²) in [4.78, 5) is 0. The second kappa shape index (κ2) is 4.85. The van der Waals surface area contributed by atoms with Crippen LogP contribution in [-0.4, -0.2) is 15.4 Å². The van der Waals surface area contributed by atoms with Gasteiger partial charge in [-0.25, -0.2) is 5.21 Å². The molecule has 0 unspecified atom stereocenters. The van der Waals surface area contributed by atoms with Gasteiger partial charge in [0.15, 0.2) is 5.82 Å². The van der Waals surface area contributed by atoms with Crippen molar-refractivity contribution in [3.63, 3.8) is 0 Å². The number of nitrogens with zero attached hydrogens (tertiary/aromatic N) is 1. The van der Waals surface area contributed by atoms with Crippen LogP contribution in [0.2, 0.25) is 0 Å². The monoisotopic (exact) mass is 292 g/mol. The molecule has 1 aromatic heterocycles. The van der Waals surface area contributed by atoms with E-state index in [0.29, 0.717) is 0 Å². The van der Waals surface area contributed by atoms with Gasteiger partial charge < -0.3 is 5.73 Å². The minimum absolute atomic E-state index is 0.189. The predicted molar refractivity (Wildman–Crippen MR) is 88.5 cm³/mol. The molecule has 1 atom stereocenters. The molecule has 1 aliphatic carbocycles. The van der Waals surface area contributed by atoms with Gasteiger partial charge in [0.1, 0.15) is 0 Å². The van der Waals surface area contributed by atoms with E-state index in [2.05, 4.69) is 59.6 Å². The Kier molecular flexibility index (Phi) is 2.94. The van der Waals surface area contributed by atoms with Gasteiger partial charge in [0.2, 0.25) is 0 Å². The molecule has 0 radical (unpaired) electrons. The summed E-state index contributed by atoms with van der Waals surface area (Å²) in [5.41, 5.74) is 15.3. The molecule has 0 saturated heterocycles. The molecule has 0 spiro atoms. The summed E-state index contributed by atoms with van der Waals surface area (Å²) in [5, 5.41) is 9.84. The number of H-pyrrole nitrogens is 2. The smallest absolute Gasteiger partial charge is 0.174 e. The number of fused-ring (bicyclic) bond motifs is 1. The Bertz CT molecular complexity index is 808. The molecular weight excluding hydrogens is 272 g/mol. The SMILES string of the molecule is Cc1cc(-c2n[nH][nH]2)cc(C)c1-c1cccc2c1CC[C@H]2N. The summed E-state index contributed by atoms with van der Waals surface area (Å²) < 4.78 is 0. The molecule has 2 aromatic carbocycles. The molecule has 4 N–H and O–H groups in total. The molecule has 0 aliphatic heterocycles. The number of aromatic amines is 2. The Morgan fingerprint density at radius 1 is 1.18 bits per heavy atom. The van der Waals surface area contributed by atoms with E-state index >= 15 is 0 Å². The quantitative estimate of drug-likeness (QED) is 0.675. The van der Waals surface area contributed by atoms with Crippen LogP contribution in [0.5, 0.6) is 0 Å². The zero-order valence-corrected chi connectivity index (χ0v) is 12.9. The number of aryl methyl sites for hydroxylation is 2. The molecule has 1 aliphatic rings. The maximum absolute atomic E-state index is 6.23. The van der Waals surface area contributed by atoms with E-state index in [4.69, 9.17) is 5.73 Å². The number of nitrogens with two attached hydrogens (primary N) is 1. The Labute approximate surface area is 129 Å². The van der Waals surface area contributed by atoms with E-state index in [0.717, 1.165) is 24.2 Å². The van der Waals surface area contributed by atoms with E-state index in [1.807, 2.05) is 0 Å². The lowest BCUT2D eigenvalue weighted by atomic mass is 9.89. The summed E-state index contributed by atoms with van der Waals surface area (Å²) in [6.07, 6.45) is 2.13. The largest absolute Gasteiger partial charge is 0.324 e. The van der Waals surface area contributed by atoms with Gasteiger partial charge >= 0.3 is 0 Å². The van der Waals surface area contributed by atoms with Gasteiger partial charge in [0.25, 0.3) is 0 Å². The fourth-order valence-corrected chi connectivity index (χ4v) is 3.69. The fourth-order valence-electron chi connectivity index (χ4n) is 3.69. The minimum Gasteiger partial charge on any atom is -0.324 e.